The molecule has 0 bridgehead atoms. The maximum atomic E-state index is 12.2. The smallest absolute Gasteiger partial charge is 0.251 e. The van der Waals surface area contributed by atoms with Crippen LogP contribution in [0.15, 0.2) is 18.5 Å². The number of hydrogen-bond donors (Lipinski definition) is 1. The highest BCUT2D eigenvalue weighted by molar-refractivity contribution is 6.29. The van der Waals surface area contributed by atoms with E-state index >= 15 is 0 Å². The Morgan fingerprint density at radius 1 is 1.38 bits per heavy atom. The summed E-state index contributed by atoms with van der Waals surface area (Å²) in [5, 5.41) is 11.0. The monoisotopic (exact) mass is 307 g/mol. The third kappa shape index (κ3) is 4.01. The molecule has 2 rings (SSSR count). The molecule has 2 heterocycles. The number of aromatic nitrogens is 4. The zero-order chi connectivity index (χ0) is 15.2. The van der Waals surface area contributed by atoms with Gasteiger partial charge in [-0.2, -0.15) is 0 Å². The molecule has 0 aliphatic rings. The molecule has 0 saturated heterocycles. The van der Waals surface area contributed by atoms with Crippen molar-refractivity contribution in [2.24, 2.45) is 0 Å². The molecule has 0 fully saturated rings. The second kappa shape index (κ2) is 7.17. The van der Waals surface area contributed by atoms with E-state index in [4.69, 9.17) is 11.6 Å². The van der Waals surface area contributed by atoms with E-state index in [0.717, 1.165) is 30.9 Å². The van der Waals surface area contributed by atoms with Gasteiger partial charge in [0.25, 0.3) is 5.91 Å². The van der Waals surface area contributed by atoms with Crippen molar-refractivity contribution in [1.29, 1.82) is 0 Å². The zero-order valence-electron chi connectivity index (χ0n) is 12.1. The lowest BCUT2D eigenvalue weighted by Gasteiger charge is -2.07. The number of hydrogen-bond acceptors (Lipinski definition) is 4. The maximum absolute atomic E-state index is 12.2. The maximum Gasteiger partial charge on any atom is 0.251 e. The lowest BCUT2D eigenvalue weighted by Crippen LogP contribution is -2.25. The molecule has 0 saturated carbocycles. The molecule has 0 aliphatic heterocycles. The average molecular weight is 308 g/mol. The van der Waals surface area contributed by atoms with Crippen molar-refractivity contribution in [3.63, 3.8) is 0 Å². The van der Waals surface area contributed by atoms with E-state index in [1.54, 1.807) is 18.5 Å². The van der Waals surface area contributed by atoms with Gasteiger partial charge in [0, 0.05) is 17.8 Å². The number of nitrogens with zero attached hydrogens (tertiary/aromatic N) is 4. The summed E-state index contributed by atoms with van der Waals surface area (Å²) in [6, 6.07) is 3.34. The molecule has 1 amide bonds. The Morgan fingerprint density at radius 3 is 2.90 bits per heavy atom. The van der Waals surface area contributed by atoms with E-state index in [1.807, 2.05) is 11.5 Å². The second-order valence-electron chi connectivity index (χ2n) is 4.64. The molecule has 0 aliphatic carbocycles. The summed E-state index contributed by atoms with van der Waals surface area (Å²) >= 11 is 5.96. The Hall–Kier alpha value is -1.95. The second-order valence-corrected chi connectivity index (χ2v) is 5.02. The van der Waals surface area contributed by atoms with E-state index in [0.29, 0.717) is 17.3 Å². The van der Waals surface area contributed by atoms with Crippen LogP contribution in [0.1, 0.15) is 42.1 Å². The zero-order valence-corrected chi connectivity index (χ0v) is 12.9. The number of halogens is 1. The molecule has 21 heavy (non-hydrogen) atoms. The molecule has 0 spiro atoms. The van der Waals surface area contributed by atoms with Crippen LogP contribution < -0.4 is 5.32 Å². The first kappa shape index (κ1) is 15.4. The van der Waals surface area contributed by atoms with Crippen molar-refractivity contribution in [1.82, 2.24) is 25.1 Å². The number of carbonyl (C=O) groups excluding carboxylic acids is 1. The van der Waals surface area contributed by atoms with Crippen LogP contribution >= 0.6 is 11.6 Å². The molecule has 0 aromatic carbocycles. The van der Waals surface area contributed by atoms with E-state index in [2.05, 4.69) is 27.4 Å². The minimum absolute atomic E-state index is 0.192. The Morgan fingerprint density at radius 2 is 2.19 bits per heavy atom. The van der Waals surface area contributed by atoms with Gasteiger partial charge in [-0.05, 0) is 25.5 Å². The summed E-state index contributed by atoms with van der Waals surface area (Å²) in [5.41, 5.74) is 1.34. The Balaban J connectivity index is 2.06. The van der Waals surface area contributed by atoms with Gasteiger partial charge >= 0.3 is 0 Å². The van der Waals surface area contributed by atoms with Crippen LogP contribution in [-0.4, -0.2) is 25.7 Å². The highest BCUT2D eigenvalue weighted by atomic mass is 35.5. The number of rotatable bonds is 6. The molecule has 0 radical (unpaired) electrons. The normalized spacial score (nSPS) is 10.6. The summed E-state index contributed by atoms with van der Waals surface area (Å²) in [6.45, 7) is 5.14. The van der Waals surface area contributed by atoms with Crippen molar-refractivity contribution in [3.8, 4) is 0 Å². The van der Waals surface area contributed by atoms with Gasteiger partial charge in [-0.25, -0.2) is 4.98 Å². The van der Waals surface area contributed by atoms with Crippen molar-refractivity contribution < 1.29 is 4.79 Å². The Kier molecular flexibility index (Phi) is 5.27. The number of aryl methyl sites for hydroxylation is 2. The van der Waals surface area contributed by atoms with Gasteiger partial charge in [-0.3, -0.25) is 4.79 Å². The highest BCUT2D eigenvalue weighted by Crippen LogP contribution is 2.12. The number of pyridine rings is 1. The minimum Gasteiger partial charge on any atom is -0.345 e. The van der Waals surface area contributed by atoms with Crippen LogP contribution in [-0.2, 0) is 19.5 Å². The predicted octanol–water partition coefficient (Wildman–Crippen LogP) is 2.23. The van der Waals surface area contributed by atoms with Crippen LogP contribution in [0.25, 0.3) is 0 Å². The number of amides is 1. The number of carbonyl (C=O) groups is 1. The number of nitrogens with one attached hydrogen (secondary N) is 1. The van der Waals surface area contributed by atoms with Crippen LogP contribution in [0.2, 0.25) is 5.15 Å². The quantitative estimate of drug-likeness (QED) is 0.831. The largest absolute Gasteiger partial charge is 0.345 e. The summed E-state index contributed by atoms with van der Waals surface area (Å²) in [7, 11) is 0. The molecule has 7 heteroatoms. The van der Waals surface area contributed by atoms with Crippen LogP contribution in [0.3, 0.4) is 0 Å². The summed E-state index contributed by atoms with van der Waals surface area (Å²) in [6.07, 6.45) is 3.39. The summed E-state index contributed by atoms with van der Waals surface area (Å²) in [4.78, 5) is 16.4. The summed E-state index contributed by atoms with van der Waals surface area (Å²) in [5.74, 6) is 0.530. The van der Waals surface area contributed by atoms with E-state index in [9.17, 15) is 4.79 Å². The van der Waals surface area contributed by atoms with Gasteiger partial charge in [0.2, 0.25) is 0 Å². The minimum atomic E-state index is -0.192. The Bertz CT molecular complexity index is 626. The molecule has 6 nitrogen and oxygen atoms in total. The van der Waals surface area contributed by atoms with E-state index in [1.165, 1.54) is 0 Å². The lowest BCUT2D eigenvalue weighted by molar-refractivity contribution is 0.0949. The van der Waals surface area contributed by atoms with Gasteiger partial charge in [0.1, 0.15) is 11.5 Å². The topological polar surface area (TPSA) is 72.7 Å². The van der Waals surface area contributed by atoms with Gasteiger partial charge in [-0.1, -0.05) is 24.9 Å². The predicted molar refractivity (Wildman–Crippen MR) is 80.1 cm³/mol. The van der Waals surface area contributed by atoms with E-state index in [-0.39, 0.29) is 5.91 Å². The van der Waals surface area contributed by atoms with Gasteiger partial charge in [-0.15, -0.1) is 10.2 Å². The lowest BCUT2D eigenvalue weighted by atomic mass is 10.1. The molecule has 0 unspecified atom stereocenters. The van der Waals surface area contributed by atoms with Gasteiger partial charge in [0.15, 0.2) is 5.82 Å². The fourth-order valence-electron chi connectivity index (χ4n) is 2.01. The third-order valence-corrected chi connectivity index (χ3v) is 3.25. The molecular weight excluding hydrogens is 290 g/mol. The molecule has 2 aromatic rings. The Labute approximate surface area is 128 Å². The van der Waals surface area contributed by atoms with E-state index < -0.39 is 0 Å². The SMILES string of the molecule is CCCc1cc(C(=O)NCc2nncn2CC)cc(Cl)n1. The van der Waals surface area contributed by atoms with Crippen molar-refractivity contribution >= 4 is 17.5 Å². The molecule has 2 aromatic heterocycles. The highest BCUT2D eigenvalue weighted by Gasteiger charge is 2.10. The first-order valence-electron chi connectivity index (χ1n) is 6.95. The third-order valence-electron chi connectivity index (χ3n) is 3.06. The van der Waals surface area contributed by atoms with Gasteiger partial charge < -0.3 is 9.88 Å². The summed E-state index contributed by atoms with van der Waals surface area (Å²) < 4.78 is 1.88. The standard InChI is InChI=1S/C14H18ClN5O/c1-3-5-11-6-10(7-12(15)18-11)14(21)16-8-13-19-17-9-20(13)4-2/h6-7,9H,3-5,8H2,1-2H3,(H,16,21). The first-order valence-corrected chi connectivity index (χ1v) is 7.33. The van der Waals surface area contributed by atoms with Crippen molar-refractivity contribution in [3.05, 3.63) is 40.7 Å². The fourth-order valence-corrected chi connectivity index (χ4v) is 2.23. The molecule has 0 atom stereocenters. The molecular formula is C14H18ClN5O. The molecule has 1 N–H and O–H groups in total. The van der Waals surface area contributed by atoms with Crippen molar-refractivity contribution in [2.75, 3.05) is 0 Å². The van der Waals surface area contributed by atoms with Gasteiger partial charge in [0.05, 0.1) is 6.54 Å². The van der Waals surface area contributed by atoms with Crippen LogP contribution in [0, 0.1) is 0 Å². The fraction of sp³-hybridized carbons (Fsp3) is 0.429. The molecule has 112 valence electrons. The van der Waals surface area contributed by atoms with Crippen LogP contribution in [0.4, 0.5) is 0 Å². The average Bonchev–Trinajstić information content (AvgIpc) is 2.92. The van der Waals surface area contributed by atoms with Crippen LogP contribution in [0.5, 0.6) is 0 Å². The first-order chi connectivity index (χ1) is 10.1. The van der Waals surface area contributed by atoms with Crippen molar-refractivity contribution in [2.45, 2.75) is 39.8 Å².